The second-order valence-electron chi connectivity index (χ2n) is 13.0. The number of carboxylic acid groups (broad SMARTS) is 1. The predicted octanol–water partition coefficient (Wildman–Crippen LogP) is 3.80. The minimum Gasteiger partial charge on any atom is -0.497 e. The van der Waals surface area contributed by atoms with Crippen LogP contribution in [0.5, 0.6) is 17.2 Å². The minimum absolute atomic E-state index is 0.0381. The number of ether oxygens (including phenoxy) is 3. The molecule has 0 bridgehead atoms. The molecule has 1 saturated heterocycles. The van der Waals surface area contributed by atoms with Gasteiger partial charge >= 0.3 is 6.09 Å². The molecule has 2 atom stereocenters. The maximum Gasteiger partial charge on any atom is 0.407 e. The highest BCUT2D eigenvalue weighted by Crippen LogP contribution is 2.38. The number of aromatic nitrogens is 4. The fourth-order valence-corrected chi connectivity index (χ4v) is 11.0. The number of sulfonamides is 2. The molecule has 6 rings (SSSR count). The lowest BCUT2D eigenvalue weighted by molar-refractivity contribution is 0.118. The van der Waals surface area contributed by atoms with Gasteiger partial charge in [-0.15, -0.1) is 10.2 Å². The zero-order chi connectivity index (χ0) is 40.9. The molecule has 0 spiro atoms. The van der Waals surface area contributed by atoms with Crippen LogP contribution in [0.15, 0.2) is 94.7 Å². The van der Waals surface area contributed by atoms with Crippen LogP contribution < -0.4 is 18.9 Å². The molecule has 5 aromatic rings. The molecular formula is C37H40IN7O10S2. The number of rotatable bonds is 16. The average Bonchev–Trinajstić information content (AvgIpc) is 3.84. The Morgan fingerprint density at radius 3 is 1.84 bits per heavy atom. The van der Waals surface area contributed by atoms with Crippen LogP contribution >= 0.6 is 22.6 Å². The summed E-state index contributed by atoms with van der Waals surface area (Å²) in [6.07, 6.45) is -1.36. The molecule has 1 fully saturated rings. The Hall–Kier alpha value is -4.87. The van der Waals surface area contributed by atoms with Crippen LogP contribution in [0.4, 0.5) is 4.79 Å². The summed E-state index contributed by atoms with van der Waals surface area (Å²) < 4.78 is 79.6. The quantitative estimate of drug-likeness (QED) is 0.120. The molecule has 0 aliphatic carbocycles. The van der Waals surface area contributed by atoms with Gasteiger partial charge in [-0.25, -0.2) is 26.4 Å². The van der Waals surface area contributed by atoms with Crippen molar-refractivity contribution >= 4 is 48.7 Å². The van der Waals surface area contributed by atoms with Gasteiger partial charge in [-0.2, -0.15) is 9.10 Å². The van der Waals surface area contributed by atoms with Crippen LogP contribution in [-0.2, 0) is 39.7 Å². The Morgan fingerprint density at radius 2 is 1.37 bits per heavy atom. The third kappa shape index (κ3) is 9.47. The van der Waals surface area contributed by atoms with E-state index < -0.39 is 54.6 Å². The van der Waals surface area contributed by atoms with Gasteiger partial charge in [-0.3, -0.25) is 0 Å². The van der Waals surface area contributed by atoms with Gasteiger partial charge in [0.2, 0.25) is 25.9 Å². The first-order chi connectivity index (χ1) is 27.3. The van der Waals surface area contributed by atoms with Crippen molar-refractivity contribution in [3.05, 3.63) is 105 Å². The largest absolute Gasteiger partial charge is 0.497 e. The lowest BCUT2D eigenvalue weighted by Gasteiger charge is -2.26. The highest BCUT2D eigenvalue weighted by molar-refractivity contribution is 14.1. The number of aliphatic hydroxyl groups is 1. The number of nitrogens with zero attached hydrogens (tertiary/aromatic N) is 6. The molecule has 0 radical (unpaired) electrons. The molecule has 0 unspecified atom stereocenters. The van der Waals surface area contributed by atoms with Crippen molar-refractivity contribution in [3.8, 4) is 28.6 Å². The van der Waals surface area contributed by atoms with E-state index >= 15 is 8.42 Å². The van der Waals surface area contributed by atoms with E-state index in [1.165, 1.54) is 31.1 Å². The molecule has 0 saturated carbocycles. The molecule has 1 amide bonds. The van der Waals surface area contributed by atoms with E-state index in [1.54, 1.807) is 67.8 Å². The molecule has 2 heterocycles. The first kappa shape index (κ1) is 41.8. The lowest BCUT2D eigenvalue weighted by Crippen LogP contribution is -2.40. The highest BCUT2D eigenvalue weighted by atomic mass is 127. The van der Waals surface area contributed by atoms with Crippen LogP contribution in [0.3, 0.4) is 0 Å². The van der Waals surface area contributed by atoms with E-state index in [0.717, 1.165) is 14.8 Å². The predicted molar refractivity (Wildman–Crippen MR) is 215 cm³/mol. The molecule has 302 valence electrons. The molecule has 3 N–H and O–H groups in total. The van der Waals surface area contributed by atoms with Gasteiger partial charge in [0.05, 0.1) is 46.1 Å². The van der Waals surface area contributed by atoms with Crippen molar-refractivity contribution in [1.29, 1.82) is 0 Å². The maximum absolute atomic E-state index is 15.4. The number of hydrogen-bond donors (Lipinski definition) is 3. The normalized spacial score (nSPS) is 15.9. The molecule has 17 nitrogen and oxygen atoms in total. The fourth-order valence-electron chi connectivity index (χ4n) is 6.44. The first-order valence-corrected chi connectivity index (χ1v) is 21.4. The highest BCUT2D eigenvalue weighted by Gasteiger charge is 2.41. The second kappa shape index (κ2) is 17.7. The monoisotopic (exact) mass is 933 g/mol. The van der Waals surface area contributed by atoms with Gasteiger partial charge in [0.15, 0.2) is 0 Å². The Kier molecular flexibility index (Phi) is 13.0. The van der Waals surface area contributed by atoms with Crippen molar-refractivity contribution in [3.63, 3.8) is 0 Å². The summed E-state index contributed by atoms with van der Waals surface area (Å²) in [7, 11) is -4.94. The van der Waals surface area contributed by atoms with E-state index in [9.17, 15) is 23.4 Å². The smallest absolute Gasteiger partial charge is 0.407 e. The maximum atomic E-state index is 15.4. The van der Waals surface area contributed by atoms with Crippen LogP contribution in [0.25, 0.3) is 11.4 Å². The summed E-state index contributed by atoms with van der Waals surface area (Å²) in [5, 5.41) is 32.4. The summed E-state index contributed by atoms with van der Waals surface area (Å²) in [5.41, 5.74) is 1.86. The molecule has 20 heteroatoms. The molecule has 1 aromatic heterocycles. The molecule has 57 heavy (non-hydrogen) atoms. The third-order valence-electron chi connectivity index (χ3n) is 9.35. The SMILES string of the molecule is COc1ccc(CN(Cc2ccc(OC)cc2)S(=O)(=O)c2c(S(=O)(=O)N[C@@H]3C[C@@H](CO)N(C(=O)O)C3)ccc(I)c2-c2nnn(Cc3ccc(OC)cc3)n2)cc1. The number of nitrogens with one attached hydrogen (secondary N) is 1. The van der Waals surface area contributed by atoms with Gasteiger partial charge in [-0.05, 0) is 99.4 Å². The van der Waals surface area contributed by atoms with E-state index in [0.29, 0.717) is 31.9 Å². The number of methoxy groups -OCH3 is 3. The standard InChI is InChI=1S/C37H40IN7O10S2/c1-53-29-10-4-24(5-11-29)19-43(20-25-6-12-30(54-2)13-7-25)57(51,52)35-33(56(49,50)41-27-18-28(23-46)44(22-27)37(47)48)17-16-32(38)34(35)36-39-42-45(40-36)21-26-8-14-31(55-3)15-9-26/h4-17,27-28,41,46H,18-23H2,1-3H3,(H,47,48)/t27-,28+/m1/s1. The van der Waals surface area contributed by atoms with E-state index in [1.807, 2.05) is 34.7 Å². The summed E-state index contributed by atoms with van der Waals surface area (Å²) in [4.78, 5) is 12.9. The summed E-state index contributed by atoms with van der Waals surface area (Å²) >= 11 is 1.91. The van der Waals surface area contributed by atoms with Crippen LogP contribution in [0.1, 0.15) is 23.1 Å². The molecule has 1 aliphatic rings. The molecule has 1 aliphatic heterocycles. The van der Waals surface area contributed by atoms with Crippen molar-refractivity contribution in [2.45, 2.75) is 47.9 Å². The van der Waals surface area contributed by atoms with E-state index in [2.05, 4.69) is 20.1 Å². The Morgan fingerprint density at radius 1 is 0.842 bits per heavy atom. The number of halogens is 1. The van der Waals surface area contributed by atoms with Crippen LogP contribution in [0.2, 0.25) is 0 Å². The Bertz CT molecular complexity index is 2370. The lowest BCUT2D eigenvalue weighted by atomic mass is 10.2. The topological polar surface area (TPSA) is 216 Å². The van der Waals surface area contributed by atoms with Gasteiger partial charge in [0.25, 0.3) is 0 Å². The summed E-state index contributed by atoms with van der Waals surface area (Å²) in [5.74, 6) is 1.62. The molecule has 4 aromatic carbocycles. The number of aliphatic hydroxyl groups excluding tert-OH is 1. The van der Waals surface area contributed by atoms with Crippen molar-refractivity contribution in [2.24, 2.45) is 0 Å². The summed E-state index contributed by atoms with van der Waals surface area (Å²) in [6.45, 7) is -0.989. The van der Waals surface area contributed by atoms with Crippen LogP contribution in [-0.4, -0.2) is 109 Å². The number of amides is 1. The Balaban J connectivity index is 1.50. The number of hydrogen-bond acceptors (Lipinski definition) is 12. The zero-order valence-electron chi connectivity index (χ0n) is 31.0. The van der Waals surface area contributed by atoms with Gasteiger partial charge in [-0.1, -0.05) is 36.4 Å². The van der Waals surface area contributed by atoms with Crippen molar-refractivity contribution < 1.29 is 46.1 Å². The minimum atomic E-state index is -4.80. The number of tetrazole rings is 1. The van der Waals surface area contributed by atoms with E-state index in [4.69, 9.17) is 14.2 Å². The summed E-state index contributed by atoms with van der Waals surface area (Å²) in [6, 6.07) is 21.6. The van der Waals surface area contributed by atoms with Gasteiger partial charge < -0.3 is 29.3 Å². The number of benzene rings is 4. The fraction of sp³-hybridized carbons (Fsp3) is 0.297. The number of likely N-dealkylation sites (tertiary alicyclic amines) is 1. The first-order valence-electron chi connectivity index (χ1n) is 17.4. The zero-order valence-corrected chi connectivity index (χ0v) is 34.8. The van der Waals surface area contributed by atoms with Crippen LogP contribution in [0, 0.1) is 3.57 Å². The van der Waals surface area contributed by atoms with Crippen molar-refractivity contribution in [2.75, 3.05) is 34.5 Å². The van der Waals surface area contributed by atoms with Crippen molar-refractivity contribution in [1.82, 2.24) is 34.1 Å². The van der Waals surface area contributed by atoms with E-state index in [-0.39, 0.29) is 44.0 Å². The van der Waals surface area contributed by atoms with Gasteiger partial charge in [0, 0.05) is 29.2 Å². The third-order valence-corrected chi connectivity index (χ3v) is 13.8. The Labute approximate surface area is 343 Å². The average molecular weight is 934 g/mol. The number of carbonyl (C=O) groups is 1. The van der Waals surface area contributed by atoms with Gasteiger partial charge in [0.1, 0.15) is 27.0 Å². The molecular weight excluding hydrogens is 893 g/mol. The second-order valence-corrected chi connectivity index (χ2v) is 17.8.